The van der Waals surface area contributed by atoms with Crippen molar-refractivity contribution in [1.82, 2.24) is 9.88 Å². The molecule has 4 nitrogen and oxygen atoms in total. The lowest BCUT2D eigenvalue weighted by atomic mass is 10.0. The molecule has 0 unspecified atom stereocenters. The quantitative estimate of drug-likeness (QED) is 0.804. The number of hydrogen-bond donors (Lipinski definition) is 2. The highest BCUT2D eigenvalue weighted by Crippen LogP contribution is 2.30. The van der Waals surface area contributed by atoms with Crippen molar-refractivity contribution in [2.75, 3.05) is 25.5 Å². The molecular weight excluding hydrogens is 250 g/mol. The van der Waals surface area contributed by atoms with Crippen LogP contribution in [0.4, 0.5) is 5.82 Å². The van der Waals surface area contributed by atoms with Gasteiger partial charge in [-0.25, -0.2) is 4.98 Å². The first-order chi connectivity index (χ1) is 9.61. The smallest absolute Gasteiger partial charge is 0.126 e. The van der Waals surface area contributed by atoms with Crippen molar-refractivity contribution in [1.29, 1.82) is 0 Å². The van der Waals surface area contributed by atoms with Crippen molar-refractivity contribution in [3.8, 4) is 0 Å². The van der Waals surface area contributed by atoms with Gasteiger partial charge in [0.2, 0.25) is 0 Å². The Morgan fingerprint density at radius 3 is 2.85 bits per heavy atom. The van der Waals surface area contributed by atoms with Gasteiger partial charge in [-0.1, -0.05) is 19.8 Å². The lowest BCUT2D eigenvalue weighted by Crippen LogP contribution is -2.38. The van der Waals surface area contributed by atoms with Gasteiger partial charge in [-0.15, -0.1) is 0 Å². The number of aliphatic hydroxyl groups is 1. The summed E-state index contributed by atoms with van der Waals surface area (Å²) in [4.78, 5) is 6.53. The van der Waals surface area contributed by atoms with Gasteiger partial charge in [-0.2, -0.15) is 0 Å². The Balaban J connectivity index is 1.88. The summed E-state index contributed by atoms with van der Waals surface area (Å²) >= 11 is 0. The first kappa shape index (κ1) is 15.3. The van der Waals surface area contributed by atoms with Crippen LogP contribution < -0.4 is 5.32 Å². The Morgan fingerprint density at radius 2 is 2.15 bits per heavy atom. The fourth-order valence-corrected chi connectivity index (χ4v) is 2.98. The third-order valence-electron chi connectivity index (χ3n) is 3.93. The van der Waals surface area contributed by atoms with Crippen LogP contribution in [0.5, 0.6) is 0 Å². The minimum atomic E-state index is -0.467. The first-order valence-electron chi connectivity index (χ1n) is 7.71. The monoisotopic (exact) mass is 277 g/mol. The van der Waals surface area contributed by atoms with E-state index < -0.39 is 5.60 Å². The fourth-order valence-electron chi connectivity index (χ4n) is 2.98. The molecule has 1 saturated carbocycles. The summed E-state index contributed by atoms with van der Waals surface area (Å²) in [6.07, 6.45) is 7.15. The van der Waals surface area contributed by atoms with Gasteiger partial charge < -0.3 is 10.4 Å². The molecule has 1 fully saturated rings. The number of aromatic nitrogens is 1. The maximum absolute atomic E-state index is 10.4. The highest BCUT2D eigenvalue weighted by molar-refractivity contribution is 5.37. The fraction of sp³-hybridized carbons (Fsp3) is 0.688. The molecule has 1 heterocycles. The van der Waals surface area contributed by atoms with Gasteiger partial charge in [0.15, 0.2) is 0 Å². The van der Waals surface area contributed by atoms with Crippen molar-refractivity contribution in [2.45, 2.75) is 51.2 Å². The van der Waals surface area contributed by atoms with E-state index in [1.807, 2.05) is 12.3 Å². The third kappa shape index (κ3) is 4.46. The molecule has 0 spiro atoms. The normalized spacial score (nSPS) is 17.6. The molecule has 4 heteroatoms. The summed E-state index contributed by atoms with van der Waals surface area (Å²) in [7, 11) is 2.08. The van der Waals surface area contributed by atoms with Crippen LogP contribution in [0.15, 0.2) is 18.3 Å². The average molecular weight is 277 g/mol. The van der Waals surface area contributed by atoms with Gasteiger partial charge in [-0.3, -0.25) is 4.90 Å². The summed E-state index contributed by atoms with van der Waals surface area (Å²) in [5.74, 6) is 0.942. The van der Waals surface area contributed by atoms with Gasteiger partial charge in [0.05, 0.1) is 5.60 Å². The molecule has 1 aliphatic rings. The largest absolute Gasteiger partial charge is 0.389 e. The number of hydrogen-bond acceptors (Lipinski definition) is 4. The second-order valence-corrected chi connectivity index (χ2v) is 6.08. The maximum Gasteiger partial charge on any atom is 0.126 e. The Morgan fingerprint density at radius 1 is 1.40 bits per heavy atom. The van der Waals surface area contributed by atoms with Crippen molar-refractivity contribution >= 4 is 5.82 Å². The molecule has 0 radical (unpaired) electrons. The molecule has 0 amide bonds. The molecule has 112 valence electrons. The number of nitrogens with zero attached hydrogens (tertiary/aromatic N) is 2. The zero-order valence-electron chi connectivity index (χ0n) is 12.7. The molecule has 1 aromatic rings. The zero-order chi connectivity index (χ0) is 14.4. The molecule has 1 aromatic heterocycles. The molecule has 0 aromatic carbocycles. The van der Waals surface area contributed by atoms with Crippen LogP contribution in [0.25, 0.3) is 0 Å². The van der Waals surface area contributed by atoms with Crippen molar-refractivity contribution < 1.29 is 5.11 Å². The van der Waals surface area contributed by atoms with E-state index in [9.17, 15) is 5.11 Å². The lowest BCUT2D eigenvalue weighted by Gasteiger charge is -2.28. The minimum Gasteiger partial charge on any atom is -0.389 e. The molecule has 0 aliphatic heterocycles. The number of nitrogens with one attached hydrogen (secondary N) is 1. The van der Waals surface area contributed by atoms with E-state index in [1.165, 1.54) is 5.56 Å². The Hall–Kier alpha value is -1.13. The van der Waals surface area contributed by atoms with Gasteiger partial charge in [0, 0.05) is 25.8 Å². The Kier molecular flexibility index (Phi) is 5.38. The van der Waals surface area contributed by atoms with Crippen LogP contribution in [0.2, 0.25) is 0 Å². The van der Waals surface area contributed by atoms with Gasteiger partial charge in [0.1, 0.15) is 5.82 Å². The van der Waals surface area contributed by atoms with E-state index in [-0.39, 0.29) is 0 Å². The van der Waals surface area contributed by atoms with E-state index in [4.69, 9.17) is 0 Å². The Bertz CT molecular complexity index is 416. The predicted molar refractivity (Wildman–Crippen MR) is 82.8 cm³/mol. The molecular formula is C16H27N3O. The van der Waals surface area contributed by atoms with E-state index >= 15 is 0 Å². The topological polar surface area (TPSA) is 48.4 Å². The summed E-state index contributed by atoms with van der Waals surface area (Å²) in [6, 6.07) is 4.15. The summed E-state index contributed by atoms with van der Waals surface area (Å²) in [5, 5.41) is 13.8. The number of pyridine rings is 1. The zero-order valence-corrected chi connectivity index (χ0v) is 12.7. The highest BCUT2D eigenvalue weighted by Gasteiger charge is 2.31. The molecule has 20 heavy (non-hydrogen) atoms. The van der Waals surface area contributed by atoms with E-state index in [0.29, 0.717) is 0 Å². The number of rotatable bonds is 7. The number of likely N-dealkylation sites (N-methyl/N-ethyl adjacent to an activating group) is 1. The molecule has 0 bridgehead atoms. The van der Waals surface area contributed by atoms with Crippen molar-refractivity contribution in [3.63, 3.8) is 0 Å². The van der Waals surface area contributed by atoms with E-state index in [0.717, 1.165) is 57.6 Å². The SMILES string of the molecule is CCCNc1cc(CN(C)CC2(O)CCCC2)ccn1. The molecule has 2 N–H and O–H groups in total. The lowest BCUT2D eigenvalue weighted by molar-refractivity contribution is 0.0145. The van der Waals surface area contributed by atoms with Crippen molar-refractivity contribution in [2.24, 2.45) is 0 Å². The van der Waals surface area contributed by atoms with Crippen molar-refractivity contribution in [3.05, 3.63) is 23.9 Å². The Labute approximate surface area is 122 Å². The second kappa shape index (κ2) is 7.04. The first-order valence-corrected chi connectivity index (χ1v) is 7.71. The van der Waals surface area contributed by atoms with Gasteiger partial charge >= 0.3 is 0 Å². The van der Waals surface area contributed by atoms with Gasteiger partial charge in [0.25, 0.3) is 0 Å². The van der Waals surface area contributed by atoms with E-state index in [1.54, 1.807) is 0 Å². The molecule has 2 rings (SSSR count). The summed E-state index contributed by atoms with van der Waals surface area (Å²) in [5.41, 5.74) is 0.771. The van der Waals surface area contributed by atoms with Crippen LogP contribution >= 0.6 is 0 Å². The number of anilines is 1. The molecule has 0 saturated heterocycles. The minimum absolute atomic E-state index is 0.467. The average Bonchev–Trinajstić information content (AvgIpc) is 2.83. The van der Waals surface area contributed by atoms with Crippen LogP contribution in [0.3, 0.4) is 0 Å². The van der Waals surface area contributed by atoms with Crippen LogP contribution in [0, 0.1) is 0 Å². The van der Waals surface area contributed by atoms with Crippen LogP contribution in [0.1, 0.15) is 44.6 Å². The third-order valence-corrected chi connectivity index (χ3v) is 3.93. The predicted octanol–water partition coefficient (Wildman–Crippen LogP) is 2.64. The highest BCUT2D eigenvalue weighted by atomic mass is 16.3. The summed E-state index contributed by atoms with van der Waals surface area (Å²) in [6.45, 7) is 4.71. The molecule has 1 aliphatic carbocycles. The van der Waals surface area contributed by atoms with Crippen LogP contribution in [-0.4, -0.2) is 40.7 Å². The summed E-state index contributed by atoms with van der Waals surface area (Å²) < 4.78 is 0. The second-order valence-electron chi connectivity index (χ2n) is 6.08. The maximum atomic E-state index is 10.4. The van der Waals surface area contributed by atoms with Crippen LogP contribution in [-0.2, 0) is 6.54 Å². The van der Waals surface area contributed by atoms with E-state index in [2.05, 4.69) is 35.2 Å². The van der Waals surface area contributed by atoms with Gasteiger partial charge in [-0.05, 0) is 44.0 Å². The molecule has 0 atom stereocenters. The standard InChI is InChI=1S/C16H27N3O/c1-3-9-17-15-11-14(6-10-18-15)12-19(2)13-16(20)7-4-5-8-16/h6,10-11,20H,3-5,7-9,12-13H2,1-2H3,(H,17,18).